The van der Waals surface area contributed by atoms with E-state index in [1.165, 1.54) is 0 Å². The van der Waals surface area contributed by atoms with Crippen LogP contribution in [0.15, 0.2) is 17.1 Å². The van der Waals surface area contributed by atoms with Crippen molar-refractivity contribution in [1.82, 2.24) is 0 Å². The minimum absolute atomic E-state index is 0.0949. The lowest BCUT2D eigenvalue weighted by Gasteiger charge is -2.25. The van der Waals surface area contributed by atoms with Crippen molar-refractivity contribution in [2.75, 3.05) is 0 Å². The Kier molecular flexibility index (Phi) is 1.64. The van der Waals surface area contributed by atoms with Gasteiger partial charge < -0.3 is 5.73 Å². The highest BCUT2D eigenvalue weighted by atomic mass is 32.1. The number of aliphatic imine (C=N–C) groups is 1. The van der Waals surface area contributed by atoms with Gasteiger partial charge in [0.1, 0.15) is 5.37 Å². The molecule has 2 N–H and O–H groups in total. The molecule has 1 rings (SSSR count). The summed E-state index contributed by atoms with van der Waals surface area (Å²) in [6.07, 6.45) is 5.46. The van der Waals surface area contributed by atoms with Crippen LogP contribution in [0.4, 0.5) is 0 Å². The zero-order chi connectivity index (χ0) is 6.91. The number of hydrogen-bond acceptors (Lipinski definition) is 3. The SMILES string of the molecule is CC1(N)C=CC=NC1S. The third kappa shape index (κ3) is 1.34. The molecule has 0 bridgehead atoms. The summed E-state index contributed by atoms with van der Waals surface area (Å²) in [6.45, 7) is 1.90. The van der Waals surface area contributed by atoms with Crippen LogP contribution >= 0.6 is 12.6 Å². The average Bonchev–Trinajstić information content (AvgIpc) is 1.77. The average molecular weight is 142 g/mol. The van der Waals surface area contributed by atoms with Crippen molar-refractivity contribution < 1.29 is 0 Å². The molecule has 1 heterocycles. The number of thiol groups is 1. The van der Waals surface area contributed by atoms with Gasteiger partial charge >= 0.3 is 0 Å². The van der Waals surface area contributed by atoms with E-state index < -0.39 is 0 Å². The summed E-state index contributed by atoms with van der Waals surface area (Å²) in [7, 11) is 0. The second-order valence-corrected chi connectivity index (χ2v) is 2.89. The third-order valence-corrected chi connectivity index (χ3v) is 2.01. The maximum atomic E-state index is 5.74. The molecule has 0 saturated heterocycles. The normalized spacial score (nSPS) is 41.4. The van der Waals surface area contributed by atoms with E-state index in [4.69, 9.17) is 5.73 Å². The van der Waals surface area contributed by atoms with Crippen molar-refractivity contribution in [1.29, 1.82) is 0 Å². The van der Waals surface area contributed by atoms with Gasteiger partial charge in [0.15, 0.2) is 0 Å². The van der Waals surface area contributed by atoms with E-state index in [0.29, 0.717) is 0 Å². The van der Waals surface area contributed by atoms with Crippen LogP contribution in [0.1, 0.15) is 6.92 Å². The van der Waals surface area contributed by atoms with E-state index >= 15 is 0 Å². The third-order valence-electron chi connectivity index (χ3n) is 1.33. The maximum absolute atomic E-state index is 5.74. The Labute approximate surface area is 60.3 Å². The Morgan fingerprint density at radius 3 is 2.78 bits per heavy atom. The highest BCUT2D eigenvalue weighted by Gasteiger charge is 2.24. The van der Waals surface area contributed by atoms with Crippen molar-refractivity contribution >= 4 is 18.8 Å². The molecule has 3 heteroatoms. The summed E-state index contributed by atoms with van der Waals surface area (Å²) < 4.78 is 0. The van der Waals surface area contributed by atoms with Crippen molar-refractivity contribution in [2.45, 2.75) is 17.8 Å². The Morgan fingerprint density at radius 2 is 2.44 bits per heavy atom. The Bertz CT molecular complexity index is 160. The maximum Gasteiger partial charge on any atom is 0.114 e. The lowest BCUT2D eigenvalue weighted by molar-refractivity contribution is 0.565. The van der Waals surface area contributed by atoms with Crippen LogP contribution in [0, 0.1) is 0 Å². The molecule has 0 spiro atoms. The van der Waals surface area contributed by atoms with Gasteiger partial charge in [-0.25, -0.2) is 0 Å². The quantitative estimate of drug-likeness (QED) is 0.478. The first kappa shape index (κ1) is 6.83. The van der Waals surface area contributed by atoms with Crippen LogP contribution in [0.5, 0.6) is 0 Å². The van der Waals surface area contributed by atoms with Crippen molar-refractivity contribution in [3.63, 3.8) is 0 Å². The van der Waals surface area contributed by atoms with Crippen LogP contribution in [-0.4, -0.2) is 17.1 Å². The van der Waals surface area contributed by atoms with Gasteiger partial charge in [0.2, 0.25) is 0 Å². The topological polar surface area (TPSA) is 38.4 Å². The minimum atomic E-state index is -0.377. The van der Waals surface area contributed by atoms with Crippen molar-refractivity contribution in [3.8, 4) is 0 Å². The number of allylic oxidation sites excluding steroid dienone is 1. The zero-order valence-electron chi connectivity index (χ0n) is 5.28. The smallest absolute Gasteiger partial charge is 0.114 e. The highest BCUT2D eigenvalue weighted by molar-refractivity contribution is 7.81. The van der Waals surface area contributed by atoms with Crippen molar-refractivity contribution in [3.05, 3.63) is 12.2 Å². The largest absolute Gasteiger partial charge is 0.320 e. The van der Waals surface area contributed by atoms with Gasteiger partial charge in [0.25, 0.3) is 0 Å². The molecule has 0 aliphatic carbocycles. The number of hydrogen-bond donors (Lipinski definition) is 2. The van der Waals surface area contributed by atoms with E-state index in [1.807, 2.05) is 19.1 Å². The predicted octanol–water partition coefficient (Wildman–Crippen LogP) is 0.600. The summed E-state index contributed by atoms with van der Waals surface area (Å²) >= 11 is 4.17. The first-order valence-corrected chi connectivity index (χ1v) is 3.32. The molecule has 0 aromatic rings. The van der Waals surface area contributed by atoms with Gasteiger partial charge in [-0.05, 0) is 13.0 Å². The molecule has 0 radical (unpaired) electrons. The summed E-state index contributed by atoms with van der Waals surface area (Å²) in [6, 6.07) is 0. The Hall–Kier alpha value is -0.280. The second-order valence-electron chi connectivity index (χ2n) is 2.40. The molecule has 0 aromatic heterocycles. The molecular formula is C6H10N2S. The summed E-state index contributed by atoms with van der Waals surface area (Å²) in [5.41, 5.74) is 5.37. The predicted molar refractivity (Wildman–Crippen MR) is 43.0 cm³/mol. The molecule has 0 amide bonds. The molecule has 50 valence electrons. The molecule has 1 aliphatic heterocycles. The fourth-order valence-corrected chi connectivity index (χ4v) is 0.791. The first-order valence-electron chi connectivity index (χ1n) is 2.81. The van der Waals surface area contributed by atoms with Crippen LogP contribution in [0.2, 0.25) is 0 Å². The van der Waals surface area contributed by atoms with E-state index in [-0.39, 0.29) is 10.9 Å². The molecule has 0 aromatic carbocycles. The molecule has 1 aliphatic rings. The van der Waals surface area contributed by atoms with Crippen LogP contribution in [0.25, 0.3) is 0 Å². The monoisotopic (exact) mass is 142 g/mol. The second kappa shape index (κ2) is 2.15. The van der Waals surface area contributed by atoms with E-state index in [1.54, 1.807) is 6.21 Å². The van der Waals surface area contributed by atoms with Gasteiger partial charge in [-0.1, -0.05) is 6.08 Å². The molecule has 2 nitrogen and oxygen atoms in total. The summed E-state index contributed by atoms with van der Waals surface area (Å²) in [5, 5.41) is -0.0949. The zero-order valence-corrected chi connectivity index (χ0v) is 6.18. The van der Waals surface area contributed by atoms with Crippen molar-refractivity contribution in [2.24, 2.45) is 10.7 Å². The molecule has 9 heavy (non-hydrogen) atoms. The number of nitrogens with zero attached hydrogens (tertiary/aromatic N) is 1. The number of nitrogens with two attached hydrogens (primary N) is 1. The fourth-order valence-electron chi connectivity index (χ4n) is 0.628. The standard InChI is InChI=1S/C6H10N2S/c1-6(7)3-2-4-8-5(6)9/h2-5,9H,7H2,1H3. The fraction of sp³-hybridized carbons (Fsp3) is 0.500. The lowest BCUT2D eigenvalue weighted by Crippen LogP contribution is -2.43. The minimum Gasteiger partial charge on any atom is -0.320 e. The molecule has 2 atom stereocenters. The molecule has 0 saturated carbocycles. The molecular weight excluding hydrogens is 132 g/mol. The highest BCUT2D eigenvalue weighted by Crippen LogP contribution is 2.17. The Balaban J connectivity index is 2.78. The van der Waals surface area contributed by atoms with E-state index in [2.05, 4.69) is 17.6 Å². The van der Waals surface area contributed by atoms with Gasteiger partial charge in [0, 0.05) is 6.21 Å². The molecule has 2 unspecified atom stereocenters. The Morgan fingerprint density at radius 1 is 1.78 bits per heavy atom. The number of dihydropyridines is 1. The van der Waals surface area contributed by atoms with Gasteiger partial charge in [-0.2, -0.15) is 12.6 Å². The van der Waals surface area contributed by atoms with Gasteiger partial charge in [-0.3, -0.25) is 4.99 Å². The lowest BCUT2D eigenvalue weighted by atomic mass is 10.0. The number of rotatable bonds is 0. The van der Waals surface area contributed by atoms with E-state index in [0.717, 1.165) is 0 Å². The summed E-state index contributed by atoms with van der Waals surface area (Å²) in [4.78, 5) is 4.01. The first-order chi connectivity index (χ1) is 4.13. The summed E-state index contributed by atoms with van der Waals surface area (Å²) in [5.74, 6) is 0. The van der Waals surface area contributed by atoms with Gasteiger partial charge in [0.05, 0.1) is 5.54 Å². The molecule has 0 fully saturated rings. The van der Waals surface area contributed by atoms with E-state index in [9.17, 15) is 0 Å². The van der Waals surface area contributed by atoms with Crippen LogP contribution in [-0.2, 0) is 0 Å². The van der Waals surface area contributed by atoms with Crippen LogP contribution in [0.3, 0.4) is 0 Å². The van der Waals surface area contributed by atoms with Gasteiger partial charge in [-0.15, -0.1) is 0 Å². The van der Waals surface area contributed by atoms with Crippen LogP contribution < -0.4 is 5.73 Å².